The van der Waals surface area contributed by atoms with Crippen molar-refractivity contribution in [2.24, 2.45) is 5.92 Å². The highest BCUT2D eigenvalue weighted by atomic mass is 35.5. The maximum Gasteiger partial charge on any atom is 0.0638 e. The summed E-state index contributed by atoms with van der Waals surface area (Å²) in [6.45, 7) is 3.16. The largest absolute Gasteiger partial charge is 0.383 e. The van der Waals surface area contributed by atoms with E-state index in [0.29, 0.717) is 10.9 Å². The van der Waals surface area contributed by atoms with Gasteiger partial charge in [0.25, 0.3) is 0 Å². The number of hydrogen-bond donors (Lipinski definition) is 2. The Labute approximate surface area is 100.0 Å². The molecule has 1 aromatic carbocycles. The fourth-order valence-corrected chi connectivity index (χ4v) is 2.13. The molecule has 1 unspecified atom stereocenters. The molecule has 2 nitrogen and oxygen atoms in total. The van der Waals surface area contributed by atoms with Crippen molar-refractivity contribution in [1.29, 1.82) is 0 Å². The van der Waals surface area contributed by atoms with Gasteiger partial charge in [-0.05, 0) is 43.6 Å². The Balaban J connectivity index is 1.94. The fraction of sp³-hybridized carbons (Fsp3) is 0.455. The van der Waals surface area contributed by atoms with Gasteiger partial charge < -0.3 is 10.6 Å². The topological polar surface area (TPSA) is 24.1 Å². The monoisotopic (exact) mass is 244 g/mol. The molecule has 0 spiro atoms. The van der Waals surface area contributed by atoms with Gasteiger partial charge in [-0.15, -0.1) is 0 Å². The standard InChI is InChI=1S/C11H14Cl2N2/c12-9-1-2-10(13)11(5-9)15-7-8-3-4-14-6-8/h1-2,5,8,14-15H,3-4,6-7H2. The minimum absolute atomic E-state index is 0.694. The lowest BCUT2D eigenvalue weighted by Gasteiger charge is -2.12. The van der Waals surface area contributed by atoms with Gasteiger partial charge in [-0.1, -0.05) is 23.2 Å². The van der Waals surface area contributed by atoms with Crippen LogP contribution >= 0.6 is 23.2 Å². The normalized spacial score (nSPS) is 20.5. The van der Waals surface area contributed by atoms with Crippen LogP contribution in [0.1, 0.15) is 6.42 Å². The predicted octanol–water partition coefficient (Wildman–Crippen LogP) is 3.01. The maximum absolute atomic E-state index is 6.04. The number of nitrogens with one attached hydrogen (secondary N) is 2. The number of rotatable bonds is 3. The first-order valence-electron chi connectivity index (χ1n) is 5.15. The van der Waals surface area contributed by atoms with Crippen LogP contribution in [0.5, 0.6) is 0 Å². The molecule has 0 saturated carbocycles. The van der Waals surface area contributed by atoms with Crippen LogP contribution in [0.15, 0.2) is 18.2 Å². The van der Waals surface area contributed by atoms with Gasteiger partial charge in [0.2, 0.25) is 0 Å². The van der Waals surface area contributed by atoms with E-state index < -0.39 is 0 Å². The van der Waals surface area contributed by atoms with Crippen LogP contribution in [0, 0.1) is 5.92 Å². The smallest absolute Gasteiger partial charge is 0.0638 e. The summed E-state index contributed by atoms with van der Waals surface area (Å²) in [5.41, 5.74) is 0.927. The van der Waals surface area contributed by atoms with E-state index >= 15 is 0 Å². The highest BCUT2D eigenvalue weighted by Gasteiger charge is 2.14. The quantitative estimate of drug-likeness (QED) is 0.855. The first-order chi connectivity index (χ1) is 7.25. The summed E-state index contributed by atoms with van der Waals surface area (Å²) in [5, 5.41) is 8.12. The van der Waals surface area contributed by atoms with Crippen LogP contribution in [0.2, 0.25) is 10.0 Å². The van der Waals surface area contributed by atoms with Crippen LogP contribution < -0.4 is 10.6 Å². The van der Waals surface area contributed by atoms with Gasteiger partial charge in [-0.3, -0.25) is 0 Å². The third kappa shape index (κ3) is 3.00. The van der Waals surface area contributed by atoms with Crippen molar-refractivity contribution in [2.45, 2.75) is 6.42 Å². The molecule has 1 aliphatic rings. The van der Waals surface area contributed by atoms with Gasteiger partial charge in [-0.25, -0.2) is 0 Å². The molecule has 4 heteroatoms. The zero-order chi connectivity index (χ0) is 10.7. The average molecular weight is 245 g/mol. The Morgan fingerprint density at radius 2 is 2.27 bits per heavy atom. The van der Waals surface area contributed by atoms with Crippen LogP contribution in [0.3, 0.4) is 0 Å². The predicted molar refractivity (Wildman–Crippen MR) is 65.9 cm³/mol. The molecule has 0 aromatic heterocycles. The van der Waals surface area contributed by atoms with E-state index in [0.717, 1.165) is 30.3 Å². The molecule has 1 aromatic rings. The molecule has 1 aliphatic heterocycles. The SMILES string of the molecule is Clc1ccc(Cl)c(NCC2CCNC2)c1. The van der Waals surface area contributed by atoms with Gasteiger partial charge in [0.05, 0.1) is 10.7 Å². The molecule has 0 bridgehead atoms. The molecule has 82 valence electrons. The molecule has 2 rings (SSSR count). The van der Waals surface area contributed by atoms with Crippen molar-refractivity contribution >= 4 is 28.9 Å². The Morgan fingerprint density at radius 1 is 1.40 bits per heavy atom. The van der Waals surface area contributed by atoms with Crippen molar-refractivity contribution in [2.75, 3.05) is 25.0 Å². The molecule has 1 heterocycles. The molecule has 15 heavy (non-hydrogen) atoms. The first kappa shape index (κ1) is 11.1. The van der Waals surface area contributed by atoms with E-state index in [4.69, 9.17) is 23.2 Å². The van der Waals surface area contributed by atoms with Crippen LogP contribution in [0.4, 0.5) is 5.69 Å². The van der Waals surface area contributed by atoms with Gasteiger partial charge in [-0.2, -0.15) is 0 Å². The van der Waals surface area contributed by atoms with Gasteiger partial charge in [0.1, 0.15) is 0 Å². The van der Waals surface area contributed by atoms with E-state index in [1.165, 1.54) is 6.42 Å². The molecule has 1 saturated heterocycles. The molecule has 2 N–H and O–H groups in total. The highest BCUT2D eigenvalue weighted by molar-refractivity contribution is 6.35. The van der Waals surface area contributed by atoms with Crippen LogP contribution in [-0.2, 0) is 0 Å². The van der Waals surface area contributed by atoms with E-state index in [2.05, 4.69) is 10.6 Å². The summed E-state index contributed by atoms with van der Waals surface area (Å²) in [6.07, 6.45) is 1.23. The summed E-state index contributed by atoms with van der Waals surface area (Å²) >= 11 is 11.9. The minimum atomic E-state index is 0.694. The van der Waals surface area contributed by atoms with E-state index in [-0.39, 0.29) is 0 Å². The Hall–Kier alpha value is -0.440. The summed E-state index contributed by atoms with van der Waals surface area (Å²) in [6, 6.07) is 5.48. The lowest BCUT2D eigenvalue weighted by Crippen LogP contribution is -2.17. The van der Waals surface area contributed by atoms with E-state index in [1.54, 1.807) is 6.07 Å². The summed E-state index contributed by atoms with van der Waals surface area (Å²) in [5.74, 6) is 0.694. The molecule has 0 radical (unpaired) electrons. The van der Waals surface area contributed by atoms with Crippen molar-refractivity contribution < 1.29 is 0 Å². The summed E-state index contributed by atoms with van der Waals surface area (Å²) < 4.78 is 0. The van der Waals surface area contributed by atoms with Crippen molar-refractivity contribution in [3.8, 4) is 0 Å². The molecular formula is C11H14Cl2N2. The lowest BCUT2D eigenvalue weighted by molar-refractivity contribution is 0.615. The van der Waals surface area contributed by atoms with Gasteiger partial charge in [0, 0.05) is 11.6 Å². The number of benzene rings is 1. The maximum atomic E-state index is 6.04. The fourth-order valence-electron chi connectivity index (χ4n) is 1.78. The zero-order valence-corrected chi connectivity index (χ0v) is 9.91. The van der Waals surface area contributed by atoms with Crippen LogP contribution in [-0.4, -0.2) is 19.6 Å². The molecule has 1 atom stereocenters. The number of hydrogen-bond acceptors (Lipinski definition) is 2. The molecule has 1 fully saturated rings. The first-order valence-corrected chi connectivity index (χ1v) is 5.91. The highest BCUT2D eigenvalue weighted by Crippen LogP contribution is 2.25. The lowest BCUT2D eigenvalue weighted by atomic mass is 10.1. The molecular weight excluding hydrogens is 231 g/mol. The van der Waals surface area contributed by atoms with Gasteiger partial charge in [0.15, 0.2) is 0 Å². The third-order valence-electron chi connectivity index (χ3n) is 2.67. The number of halogens is 2. The van der Waals surface area contributed by atoms with Gasteiger partial charge >= 0.3 is 0 Å². The molecule has 0 aliphatic carbocycles. The average Bonchev–Trinajstić information content (AvgIpc) is 2.72. The summed E-state index contributed by atoms with van der Waals surface area (Å²) in [7, 11) is 0. The number of anilines is 1. The third-order valence-corrected chi connectivity index (χ3v) is 3.24. The Kier molecular flexibility index (Phi) is 3.73. The Bertz CT molecular complexity index is 335. The van der Waals surface area contributed by atoms with E-state index in [1.807, 2.05) is 12.1 Å². The van der Waals surface area contributed by atoms with Crippen molar-refractivity contribution in [1.82, 2.24) is 5.32 Å². The Morgan fingerprint density at radius 3 is 3.00 bits per heavy atom. The van der Waals surface area contributed by atoms with E-state index in [9.17, 15) is 0 Å². The minimum Gasteiger partial charge on any atom is -0.383 e. The summed E-state index contributed by atoms with van der Waals surface area (Å²) in [4.78, 5) is 0. The zero-order valence-electron chi connectivity index (χ0n) is 8.39. The second kappa shape index (κ2) is 5.06. The second-order valence-corrected chi connectivity index (χ2v) is 4.71. The van der Waals surface area contributed by atoms with Crippen LogP contribution in [0.25, 0.3) is 0 Å². The molecule has 0 amide bonds. The van der Waals surface area contributed by atoms with Crippen molar-refractivity contribution in [3.63, 3.8) is 0 Å². The van der Waals surface area contributed by atoms with Crippen molar-refractivity contribution in [3.05, 3.63) is 28.2 Å². The second-order valence-electron chi connectivity index (χ2n) is 3.86.